The molecule has 0 bridgehead atoms. The Hall–Kier alpha value is -0.0800. The Morgan fingerprint density at radius 3 is 1.25 bits per heavy atom. The van der Waals surface area contributed by atoms with E-state index in [9.17, 15) is 0 Å². The molecule has 0 spiro atoms. The second-order valence-corrected chi connectivity index (χ2v) is 5.82. The van der Waals surface area contributed by atoms with Gasteiger partial charge in [0.25, 0.3) is 0 Å². The van der Waals surface area contributed by atoms with E-state index in [4.69, 9.17) is 9.78 Å². The molecule has 0 rings (SSSR count). The van der Waals surface area contributed by atoms with Gasteiger partial charge in [-0.3, -0.25) is 0 Å². The van der Waals surface area contributed by atoms with Gasteiger partial charge in [-0.25, -0.2) is 9.78 Å². The first-order chi connectivity index (χ1) is 9.91. The third-order valence-electron chi connectivity index (χ3n) is 3.78. The van der Waals surface area contributed by atoms with Crippen molar-refractivity contribution in [2.24, 2.45) is 0 Å². The average molecular weight is 286 g/mol. The van der Waals surface area contributed by atoms with Crippen LogP contribution in [0, 0.1) is 0 Å². The maximum Gasteiger partial charge on any atom is 0.0822 e. The number of hydrogen-bond acceptors (Lipinski definition) is 2. The van der Waals surface area contributed by atoms with Crippen LogP contribution in [0.25, 0.3) is 0 Å². The van der Waals surface area contributed by atoms with Gasteiger partial charge in [-0.2, -0.15) is 0 Å². The maximum atomic E-state index is 4.99. The van der Waals surface area contributed by atoms with Crippen LogP contribution in [0.4, 0.5) is 0 Å². The minimum atomic E-state index is 0.651. The molecule has 20 heavy (non-hydrogen) atoms. The molecule has 2 nitrogen and oxygen atoms in total. The Labute approximate surface area is 127 Å². The standard InChI is InChI=1S/C18H38O2/c1-3-5-6-7-8-9-10-11-12-13-14-15-16-17-18-20-19-4-2/h3-18H2,1-2H3. The average Bonchev–Trinajstić information content (AvgIpc) is 2.47. The highest BCUT2D eigenvalue weighted by atomic mass is 17.2. The third kappa shape index (κ3) is 17.9. The smallest absolute Gasteiger partial charge is 0.0822 e. The predicted molar refractivity (Wildman–Crippen MR) is 87.9 cm³/mol. The molecule has 0 N–H and O–H groups in total. The first-order valence-corrected chi connectivity index (χ1v) is 9.16. The van der Waals surface area contributed by atoms with Crippen molar-refractivity contribution in [3.63, 3.8) is 0 Å². The van der Waals surface area contributed by atoms with E-state index in [2.05, 4.69) is 6.92 Å². The van der Waals surface area contributed by atoms with Crippen molar-refractivity contribution < 1.29 is 9.78 Å². The normalized spacial score (nSPS) is 11.1. The summed E-state index contributed by atoms with van der Waals surface area (Å²) in [7, 11) is 0. The van der Waals surface area contributed by atoms with Crippen LogP contribution >= 0.6 is 0 Å². The molecule has 0 saturated heterocycles. The summed E-state index contributed by atoms with van der Waals surface area (Å²) in [6.07, 6.45) is 19.5. The summed E-state index contributed by atoms with van der Waals surface area (Å²) < 4.78 is 0. The van der Waals surface area contributed by atoms with Crippen molar-refractivity contribution in [1.82, 2.24) is 0 Å². The van der Waals surface area contributed by atoms with Crippen molar-refractivity contribution in [2.75, 3.05) is 13.2 Å². The van der Waals surface area contributed by atoms with Gasteiger partial charge < -0.3 is 0 Å². The molecule has 0 aliphatic carbocycles. The van der Waals surface area contributed by atoms with E-state index in [1.54, 1.807) is 0 Å². The minimum Gasteiger partial charge on any atom is -0.237 e. The fraction of sp³-hybridized carbons (Fsp3) is 1.00. The van der Waals surface area contributed by atoms with Gasteiger partial charge in [0, 0.05) is 0 Å². The largest absolute Gasteiger partial charge is 0.237 e. The molecule has 0 aromatic heterocycles. The molecule has 0 aromatic rings. The highest BCUT2D eigenvalue weighted by Gasteiger charge is 1.94. The Kier molecular flexibility index (Phi) is 18.8. The zero-order valence-electron chi connectivity index (χ0n) is 14.1. The van der Waals surface area contributed by atoms with Crippen LogP contribution in [0.5, 0.6) is 0 Å². The highest BCUT2D eigenvalue weighted by molar-refractivity contribution is 4.49. The summed E-state index contributed by atoms with van der Waals surface area (Å²) in [5.74, 6) is 0. The fourth-order valence-corrected chi connectivity index (χ4v) is 2.50. The van der Waals surface area contributed by atoms with Crippen molar-refractivity contribution in [2.45, 2.75) is 104 Å². The first-order valence-electron chi connectivity index (χ1n) is 9.16. The lowest BCUT2D eigenvalue weighted by molar-refractivity contribution is -0.291. The van der Waals surface area contributed by atoms with E-state index in [-0.39, 0.29) is 0 Å². The summed E-state index contributed by atoms with van der Waals surface area (Å²) in [5.41, 5.74) is 0. The monoisotopic (exact) mass is 286 g/mol. The molecule has 0 unspecified atom stereocenters. The van der Waals surface area contributed by atoms with Crippen molar-refractivity contribution in [3.8, 4) is 0 Å². The molecule has 0 radical (unpaired) electrons. The third-order valence-corrected chi connectivity index (χ3v) is 3.78. The lowest BCUT2D eigenvalue weighted by Gasteiger charge is -2.03. The summed E-state index contributed by atoms with van der Waals surface area (Å²) >= 11 is 0. The second-order valence-electron chi connectivity index (χ2n) is 5.82. The summed E-state index contributed by atoms with van der Waals surface area (Å²) in [4.78, 5) is 9.84. The molecule has 0 amide bonds. The van der Waals surface area contributed by atoms with Crippen LogP contribution in [-0.4, -0.2) is 13.2 Å². The van der Waals surface area contributed by atoms with Crippen LogP contribution in [0.3, 0.4) is 0 Å². The van der Waals surface area contributed by atoms with Gasteiger partial charge in [0.1, 0.15) is 0 Å². The lowest BCUT2D eigenvalue weighted by Crippen LogP contribution is -1.95. The van der Waals surface area contributed by atoms with Crippen LogP contribution < -0.4 is 0 Å². The molecule has 0 aliphatic rings. The summed E-state index contributed by atoms with van der Waals surface area (Å²) in [6.45, 7) is 5.64. The van der Waals surface area contributed by atoms with E-state index in [1.807, 2.05) is 6.92 Å². The van der Waals surface area contributed by atoms with Gasteiger partial charge in [-0.15, -0.1) is 0 Å². The highest BCUT2D eigenvalue weighted by Crippen LogP contribution is 2.12. The molecule has 0 aromatic carbocycles. The predicted octanol–water partition coefficient (Wildman–Crippen LogP) is 6.44. The van der Waals surface area contributed by atoms with Crippen LogP contribution in [0.1, 0.15) is 104 Å². The van der Waals surface area contributed by atoms with Gasteiger partial charge >= 0.3 is 0 Å². The Morgan fingerprint density at radius 2 is 0.850 bits per heavy atom. The van der Waals surface area contributed by atoms with E-state index in [1.165, 1.54) is 83.5 Å². The van der Waals surface area contributed by atoms with Gasteiger partial charge in [0.05, 0.1) is 13.2 Å². The van der Waals surface area contributed by atoms with Gasteiger partial charge in [0.2, 0.25) is 0 Å². The number of rotatable bonds is 17. The van der Waals surface area contributed by atoms with Crippen molar-refractivity contribution >= 4 is 0 Å². The fourth-order valence-electron chi connectivity index (χ4n) is 2.50. The van der Waals surface area contributed by atoms with E-state index in [0.717, 1.165) is 13.0 Å². The molecule has 0 atom stereocenters. The quantitative estimate of drug-likeness (QED) is 0.174. The van der Waals surface area contributed by atoms with Gasteiger partial charge in [-0.1, -0.05) is 90.4 Å². The van der Waals surface area contributed by atoms with Crippen LogP contribution in [-0.2, 0) is 9.78 Å². The second kappa shape index (κ2) is 18.9. The van der Waals surface area contributed by atoms with Gasteiger partial charge in [0.15, 0.2) is 0 Å². The molecule has 122 valence electrons. The molecule has 0 heterocycles. The lowest BCUT2D eigenvalue weighted by atomic mass is 10.0. The molecular formula is C18H38O2. The van der Waals surface area contributed by atoms with Crippen LogP contribution in [0.15, 0.2) is 0 Å². The van der Waals surface area contributed by atoms with Crippen molar-refractivity contribution in [3.05, 3.63) is 0 Å². The van der Waals surface area contributed by atoms with E-state index in [0.29, 0.717) is 6.61 Å². The van der Waals surface area contributed by atoms with Crippen molar-refractivity contribution in [1.29, 1.82) is 0 Å². The zero-order chi connectivity index (χ0) is 14.7. The summed E-state index contributed by atoms with van der Waals surface area (Å²) in [6, 6.07) is 0. The minimum absolute atomic E-state index is 0.651. The molecule has 0 fully saturated rings. The Bertz CT molecular complexity index is 141. The Balaban J connectivity index is 2.89. The SMILES string of the molecule is CCCCCCCCCCCCCCCCOOCC. The molecule has 0 aliphatic heterocycles. The number of unbranched alkanes of at least 4 members (excludes halogenated alkanes) is 13. The van der Waals surface area contributed by atoms with E-state index < -0.39 is 0 Å². The Morgan fingerprint density at radius 1 is 0.450 bits per heavy atom. The van der Waals surface area contributed by atoms with E-state index >= 15 is 0 Å². The molecule has 0 saturated carbocycles. The zero-order valence-corrected chi connectivity index (χ0v) is 14.1. The molecule has 2 heteroatoms. The van der Waals surface area contributed by atoms with Crippen LogP contribution in [0.2, 0.25) is 0 Å². The van der Waals surface area contributed by atoms with Gasteiger partial charge in [-0.05, 0) is 13.3 Å². The molecular weight excluding hydrogens is 248 g/mol. The first kappa shape index (κ1) is 19.9. The maximum absolute atomic E-state index is 4.99. The number of hydrogen-bond donors (Lipinski definition) is 0. The topological polar surface area (TPSA) is 18.5 Å². The summed E-state index contributed by atoms with van der Waals surface area (Å²) in [5, 5.41) is 0.